The molecule has 162 valence electrons. The summed E-state index contributed by atoms with van der Waals surface area (Å²) >= 11 is 0. The lowest BCUT2D eigenvalue weighted by Gasteiger charge is -2.20. The van der Waals surface area contributed by atoms with Crippen molar-refractivity contribution in [3.8, 4) is 0 Å². The summed E-state index contributed by atoms with van der Waals surface area (Å²) in [5, 5.41) is 2.71. The zero-order valence-corrected chi connectivity index (χ0v) is 17.9. The van der Waals surface area contributed by atoms with Crippen LogP contribution in [0.2, 0.25) is 0 Å². The summed E-state index contributed by atoms with van der Waals surface area (Å²) in [7, 11) is 2.44. The van der Waals surface area contributed by atoms with Gasteiger partial charge in [-0.15, -0.1) is 0 Å². The Bertz CT molecular complexity index is 1030. The second-order valence-electron chi connectivity index (χ2n) is 7.47. The Hall–Kier alpha value is -3.68. The number of anilines is 2. The molecule has 31 heavy (non-hydrogen) atoms. The van der Waals surface area contributed by atoms with E-state index in [4.69, 9.17) is 9.47 Å². The van der Waals surface area contributed by atoms with Crippen LogP contribution in [0, 0.1) is 19.8 Å². The predicted octanol–water partition coefficient (Wildman–Crippen LogP) is 2.87. The van der Waals surface area contributed by atoms with Crippen LogP contribution < -0.4 is 10.2 Å². The topological polar surface area (TPSA) is 102 Å². The lowest BCUT2D eigenvalue weighted by Crippen LogP contribution is -2.28. The first-order valence-electron chi connectivity index (χ1n) is 9.73. The van der Waals surface area contributed by atoms with Crippen LogP contribution >= 0.6 is 0 Å². The summed E-state index contributed by atoms with van der Waals surface area (Å²) < 4.78 is 9.41. The fourth-order valence-corrected chi connectivity index (χ4v) is 3.54. The van der Waals surface area contributed by atoms with E-state index in [1.807, 2.05) is 32.0 Å². The Kier molecular flexibility index (Phi) is 6.39. The van der Waals surface area contributed by atoms with Gasteiger partial charge in [-0.2, -0.15) is 0 Å². The Balaban J connectivity index is 1.81. The van der Waals surface area contributed by atoms with Gasteiger partial charge in [-0.25, -0.2) is 9.59 Å². The Morgan fingerprint density at radius 2 is 1.58 bits per heavy atom. The van der Waals surface area contributed by atoms with Gasteiger partial charge in [-0.1, -0.05) is 12.1 Å². The number of nitrogens with one attached hydrogen (secondary N) is 1. The molecule has 2 aromatic carbocycles. The highest BCUT2D eigenvalue weighted by Crippen LogP contribution is 2.29. The van der Waals surface area contributed by atoms with Crippen LogP contribution in [0.1, 0.15) is 38.3 Å². The van der Waals surface area contributed by atoms with E-state index < -0.39 is 17.9 Å². The van der Waals surface area contributed by atoms with Crippen molar-refractivity contribution in [1.82, 2.24) is 0 Å². The van der Waals surface area contributed by atoms with E-state index in [9.17, 15) is 19.2 Å². The van der Waals surface area contributed by atoms with E-state index in [1.165, 1.54) is 32.4 Å². The monoisotopic (exact) mass is 424 g/mol. The van der Waals surface area contributed by atoms with Crippen molar-refractivity contribution in [2.45, 2.75) is 20.3 Å². The summed E-state index contributed by atoms with van der Waals surface area (Å²) in [6.07, 6.45) is 0.0692. The average molecular weight is 424 g/mol. The molecule has 1 unspecified atom stereocenters. The largest absolute Gasteiger partial charge is 0.465 e. The summed E-state index contributed by atoms with van der Waals surface area (Å²) in [5.41, 5.74) is 3.21. The van der Waals surface area contributed by atoms with E-state index in [1.54, 1.807) is 4.90 Å². The number of nitrogens with zero attached hydrogens (tertiary/aromatic N) is 1. The summed E-state index contributed by atoms with van der Waals surface area (Å²) in [6, 6.07) is 9.99. The van der Waals surface area contributed by atoms with E-state index in [0.717, 1.165) is 16.8 Å². The zero-order chi connectivity index (χ0) is 22.7. The Labute approximate surface area is 180 Å². The number of carbonyl (C=O) groups is 4. The fourth-order valence-electron chi connectivity index (χ4n) is 3.54. The molecular formula is C23H24N2O6. The fraction of sp³-hybridized carbons (Fsp3) is 0.304. The number of carbonyl (C=O) groups excluding carboxylic acids is 4. The van der Waals surface area contributed by atoms with Crippen LogP contribution in [0.3, 0.4) is 0 Å². The van der Waals surface area contributed by atoms with E-state index >= 15 is 0 Å². The number of ether oxygens (including phenoxy) is 2. The second-order valence-corrected chi connectivity index (χ2v) is 7.47. The van der Waals surface area contributed by atoms with E-state index in [-0.39, 0.29) is 41.6 Å². The molecule has 1 N–H and O–H groups in total. The normalized spacial score (nSPS) is 15.5. The maximum Gasteiger partial charge on any atom is 0.337 e. The number of benzene rings is 2. The molecule has 1 aliphatic rings. The molecule has 0 spiro atoms. The van der Waals surface area contributed by atoms with Crippen molar-refractivity contribution in [1.29, 1.82) is 0 Å². The third kappa shape index (κ3) is 4.74. The van der Waals surface area contributed by atoms with Crippen molar-refractivity contribution < 1.29 is 28.7 Å². The third-order valence-corrected chi connectivity index (χ3v) is 5.19. The smallest absolute Gasteiger partial charge is 0.337 e. The highest BCUT2D eigenvalue weighted by atomic mass is 16.5. The molecule has 0 saturated carbocycles. The van der Waals surface area contributed by atoms with Gasteiger partial charge in [0.05, 0.1) is 31.3 Å². The molecule has 1 fully saturated rings. The van der Waals surface area contributed by atoms with Gasteiger partial charge in [-0.3, -0.25) is 9.59 Å². The van der Waals surface area contributed by atoms with Crippen molar-refractivity contribution in [2.24, 2.45) is 5.92 Å². The maximum atomic E-state index is 12.9. The minimum absolute atomic E-state index is 0.0692. The third-order valence-electron chi connectivity index (χ3n) is 5.19. The summed E-state index contributed by atoms with van der Waals surface area (Å²) in [6.45, 7) is 4.11. The van der Waals surface area contributed by atoms with Crippen LogP contribution in [0.15, 0.2) is 36.4 Å². The lowest BCUT2D eigenvalue weighted by molar-refractivity contribution is -0.122. The molecule has 1 heterocycles. The van der Waals surface area contributed by atoms with Gasteiger partial charge in [-0.05, 0) is 49.2 Å². The van der Waals surface area contributed by atoms with Crippen molar-refractivity contribution in [3.63, 3.8) is 0 Å². The van der Waals surface area contributed by atoms with Crippen LogP contribution in [-0.2, 0) is 19.1 Å². The molecule has 0 aromatic heterocycles. The first-order valence-corrected chi connectivity index (χ1v) is 9.73. The number of hydrogen-bond donors (Lipinski definition) is 1. The van der Waals surface area contributed by atoms with Crippen LogP contribution in [0.25, 0.3) is 0 Å². The van der Waals surface area contributed by atoms with E-state index in [0.29, 0.717) is 0 Å². The number of esters is 2. The zero-order valence-electron chi connectivity index (χ0n) is 17.9. The number of aryl methyl sites for hydroxylation is 2. The molecule has 8 heteroatoms. The standard InChI is InChI=1S/C23H24N2O6/c1-13-5-6-14(2)19(7-13)25-12-17(11-20(25)26)21(27)24-18-9-15(22(28)30-3)8-16(10-18)23(29)31-4/h5-10,17H,11-12H2,1-4H3,(H,24,27). The van der Waals surface area contributed by atoms with Gasteiger partial charge in [0.2, 0.25) is 11.8 Å². The minimum Gasteiger partial charge on any atom is -0.465 e. The molecule has 2 amide bonds. The molecule has 0 aliphatic carbocycles. The Morgan fingerprint density at radius 1 is 0.968 bits per heavy atom. The lowest BCUT2D eigenvalue weighted by atomic mass is 10.1. The highest BCUT2D eigenvalue weighted by molar-refractivity contribution is 6.05. The molecule has 3 rings (SSSR count). The van der Waals surface area contributed by atoms with Crippen molar-refractivity contribution >= 4 is 35.1 Å². The van der Waals surface area contributed by atoms with Gasteiger partial charge >= 0.3 is 11.9 Å². The van der Waals surface area contributed by atoms with Crippen molar-refractivity contribution in [3.05, 3.63) is 58.7 Å². The molecule has 1 saturated heterocycles. The first kappa shape index (κ1) is 22.0. The number of amides is 2. The number of rotatable bonds is 5. The predicted molar refractivity (Wildman–Crippen MR) is 114 cm³/mol. The van der Waals surface area contributed by atoms with E-state index in [2.05, 4.69) is 5.32 Å². The van der Waals surface area contributed by atoms with Crippen molar-refractivity contribution in [2.75, 3.05) is 31.0 Å². The molecule has 2 aromatic rings. The summed E-state index contributed by atoms with van der Waals surface area (Å²) in [5.74, 6) is -2.39. The number of hydrogen-bond acceptors (Lipinski definition) is 6. The quantitative estimate of drug-likeness (QED) is 0.741. The molecule has 0 bridgehead atoms. The molecule has 1 aliphatic heterocycles. The SMILES string of the molecule is COC(=O)c1cc(NC(=O)C2CC(=O)N(c3cc(C)ccc3C)C2)cc(C(=O)OC)c1. The second kappa shape index (κ2) is 8.99. The van der Waals surface area contributed by atoms with Gasteiger partial charge in [0, 0.05) is 24.3 Å². The first-order chi connectivity index (χ1) is 14.7. The van der Waals surface area contributed by atoms with Crippen LogP contribution in [-0.4, -0.2) is 44.5 Å². The Morgan fingerprint density at radius 3 is 2.16 bits per heavy atom. The average Bonchev–Trinajstić information content (AvgIpc) is 3.15. The van der Waals surface area contributed by atoms with Crippen LogP contribution in [0.4, 0.5) is 11.4 Å². The minimum atomic E-state index is -0.654. The number of methoxy groups -OCH3 is 2. The summed E-state index contributed by atoms with van der Waals surface area (Å²) in [4.78, 5) is 51.0. The van der Waals surface area contributed by atoms with Gasteiger partial charge in [0.1, 0.15) is 0 Å². The molecular weight excluding hydrogens is 400 g/mol. The van der Waals surface area contributed by atoms with Gasteiger partial charge in [0.25, 0.3) is 0 Å². The highest BCUT2D eigenvalue weighted by Gasteiger charge is 2.36. The molecule has 8 nitrogen and oxygen atoms in total. The van der Waals surface area contributed by atoms with Crippen LogP contribution in [0.5, 0.6) is 0 Å². The van der Waals surface area contributed by atoms with Gasteiger partial charge in [0.15, 0.2) is 0 Å². The maximum absolute atomic E-state index is 12.9. The molecule has 1 atom stereocenters. The molecule has 0 radical (unpaired) electrons. The van der Waals surface area contributed by atoms with Gasteiger partial charge < -0.3 is 19.7 Å².